The van der Waals surface area contributed by atoms with Gasteiger partial charge in [0, 0.05) is 19.4 Å². The summed E-state index contributed by atoms with van der Waals surface area (Å²) < 4.78 is 76.9. The molecule has 4 fully saturated rings. The van der Waals surface area contributed by atoms with Crippen LogP contribution in [-0.2, 0) is 65.4 Å². The van der Waals surface area contributed by atoms with Crippen molar-refractivity contribution in [1.82, 2.24) is 0 Å². The second-order valence-electron chi connectivity index (χ2n) is 15.0. The molecule has 0 bridgehead atoms. The molecule has 0 radical (unpaired) electrons. The van der Waals surface area contributed by atoms with Crippen LogP contribution in [0.25, 0.3) is 0 Å². The second kappa shape index (κ2) is 22.2. The van der Waals surface area contributed by atoms with Gasteiger partial charge in [-0.25, -0.2) is 18.7 Å². The summed E-state index contributed by atoms with van der Waals surface area (Å²) in [7, 11) is -10.7. The normalized spacial score (nSPS) is 42.9. The molecular formula is C30H55N3O29P2. The highest BCUT2D eigenvalue weighted by Crippen LogP contribution is 2.47. The molecule has 4 rings (SSSR count). The number of aliphatic carboxylic acids is 2. The Morgan fingerprint density at radius 3 is 1.95 bits per heavy atom. The van der Waals surface area contributed by atoms with E-state index in [1.165, 1.54) is 0 Å². The SMILES string of the molecule is NCCOP(=O)(O)O[C@H](CO)[C@H]1O[C@@](O[C@@H]2C[C@](OC[C@H]3O[C@@H](OC[C@H]4O[C@H](O)[C@H](N)[C@@H](O)[C@@H]4O)[C@H](N)[C@@H](O)[C@@H]3OP(=O)(O)O)(C(=O)O)O[C@H]([C@H](O)CO)[C@@H]2O)(C(=O)O)C[C@@H](O)[C@H]1O. The Morgan fingerprint density at radius 1 is 0.766 bits per heavy atom. The Hall–Kier alpha value is -1.64. The minimum atomic E-state index is -5.58. The first kappa shape index (κ1) is 55.0. The van der Waals surface area contributed by atoms with Crippen LogP contribution < -0.4 is 17.2 Å². The fourth-order valence-corrected chi connectivity index (χ4v) is 8.60. The fourth-order valence-electron chi connectivity index (χ4n) is 7.10. The van der Waals surface area contributed by atoms with Crippen molar-refractivity contribution in [3.05, 3.63) is 0 Å². The van der Waals surface area contributed by atoms with E-state index in [9.17, 15) is 94.7 Å². The van der Waals surface area contributed by atoms with Crippen molar-refractivity contribution in [2.75, 3.05) is 39.6 Å². The van der Waals surface area contributed by atoms with Crippen molar-refractivity contribution in [1.29, 1.82) is 0 Å². The number of aliphatic hydroxyl groups excluding tert-OH is 10. The molecule has 4 aliphatic rings. The van der Waals surface area contributed by atoms with Crippen molar-refractivity contribution in [2.24, 2.45) is 17.2 Å². The van der Waals surface area contributed by atoms with Gasteiger partial charge in [-0.3, -0.25) is 13.6 Å². The maximum atomic E-state index is 13.1. The van der Waals surface area contributed by atoms with Gasteiger partial charge in [0.05, 0.1) is 57.3 Å². The van der Waals surface area contributed by atoms with Gasteiger partial charge in [0.15, 0.2) is 12.6 Å². The third kappa shape index (κ3) is 12.7. The number of ether oxygens (including phenoxy) is 7. The predicted octanol–water partition coefficient (Wildman–Crippen LogP) is -9.91. The van der Waals surface area contributed by atoms with Crippen molar-refractivity contribution < 1.29 is 141 Å². The van der Waals surface area contributed by atoms with E-state index in [2.05, 4.69) is 9.05 Å². The number of phosphoric ester groups is 2. The lowest BCUT2D eigenvalue weighted by molar-refractivity contribution is -0.377. The molecule has 0 spiro atoms. The predicted molar refractivity (Wildman–Crippen MR) is 195 cm³/mol. The fraction of sp³-hybridized carbons (Fsp3) is 0.933. The summed E-state index contributed by atoms with van der Waals surface area (Å²) in [6, 6.07) is -3.22. The molecule has 64 heavy (non-hydrogen) atoms. The van der Waals surface area contributed by atoms with Crippen molar-refractivity contribution >= 4 is 27.6 Å². The summed E-state index contributed by atoms with van der Waals surface area (Å²) in [4.78, 5) is 55.3. The molecule has 4 heterocycles. The number of nitrogens with two attached hydrogens (primary N) is 3. The highest BCUT2D eigenvalue weighted by molar-refractivity contribution is 7.47. The molecule has 0 saturated carbocycles. The van der Waals surface area contributed by atoms with Crippen LogP contribution in [0.2, 0.25) is 0 Å². The molecule has 0 aromatic rings. The van der Waals surface area contributed by atoms with Crippen LogP contribution in [0.1, 0.15) is 12.8 Å². The topological polar surface area (TPSA) is 542 Å². The van der Waals surface area contributed by atoms with Crippen molar-refractivity contribution in [3.8, 4) is 0 Å². The molecule has 0 aliphatic carbocycles. The minimum Gasteiger partial charge on any atom is -0.477 e. The first-order valence-corrected chi connectivity index (χ1v) is 22.0. The number of hydrogen-bond acceptors (Lipinski definition) is 27. The maximum Gasteiger partial charge on any atom is 0.472 e. The number of hydrogen-bond donors (Lipinski definition) is 18. The van der Waals surface area contributed by atoms with Crippen LogP contribution in [0.15, 0.2) is 0 Å². The number of carboxylic acids is 2. The quantitative estimate of drug-likeness (QED) is 0.0475. The summed E-state index contributed by atoms with van der Waals surface area (Å²) in [5, 5.41) is 126. The molecule has 0 aromatic carbocycles. The third-order valence-electron chi connectivity index (χ3n) is 10.4. The van der Waals surface area contributed by atoms with Gasteiger partial charge >= 0.3 is 27.6 Å². The van der Waals surface area contributed by atoms with Gasteiger partial charge in [-0.2, -0.15) is 0 Å². The highest BCUT2D eigenvalue weighted by atomic mass is 31.2. The highest BCUT2D eigenvalue weighted by Gasteiger charge is 2.62. The Morgan fingerprint density at radius 2 is 1.39 bits per heavy atom. The van der Waals surface area contributed by atoms with Gasteiger partial charge in [0.2, 0.25) is 0 Å². The standard InChI is InChI=1S/C30H55N3O29P2/c31-1-2-55-64(51,52)61-12(6-35)23-17(38)9(36)3-30(60-23,28(46)47)58-11-4-29(27(44)45,59-22(19(11)40)10(37)5-34)54-8-14-24(62-63(48,49)50)21(42)16(33)26(57-14)53-7-13-18(39)20(41)15(32)25(43)56-13/h9-26,34-43H,1-8,31-33H2,(H,44,45)(H,46,47)(H,51,52)(H2,48,49,50)/t9-,10-,11-,12-,13-,14-,15-,16-,17-,18-,19-,20-,21-,22-,23-,24-,25+,26-,29-,30-/m1/s1. The molecule has 0 aromatic heterocycles. The van der Waals surface area contributed by atoms with Crippen molar-refractivity contribution in [3.63, 3.8) is 0 Å². The van der Waals surface area contributed by atoms with Gasteiger partial charge < -0.3 is 126 Å². The molecule has 0 amide bonds. The van der Waals surface area contributed by atoms with E-state index in [0.29, 0.717) is 0 Å². The van der Waals surface area contributed by atoms with E-state index in [1.807, 2.05) is 0 Å². The van der Waals surface area contributed by atoms with E-state index in [1.54, 1.807) is 0 Å². The first-order chi connectivity index (χ1) is 29.7. The summed E-state index contributed by atoms with van der Waals surface area (Å²) in [6.45, 7) is -5.55. The van der Waals surface area contributed by atoms with Crippen LogP contribution in [0, 0.1) is 0 Å². The zero-order chi connectivity index (χ0) is 48.3. The lowest BCUT2D eigenvalue weighted by atomic mass is 9.90. The lowest BCUT2D eigenvalue weighted by Gasteiger charge is -2.50. The zero-order valence-corrected chi connectivity index (χ0v) is 34.9. The summed E-state index contributed by atoms with van der Waals surface area (Å²) in [6.07, 6.45) is -35.9. The lowest BCUT2D eigenvalue weighted by Crippen LogP contribution is -2.68. The minimum absolute atomic E-state index is 0.298. The number of phosphoric acid groups is 2. The largest absolute Gasteiger partial charge is 0.477 e. The average molecular weight is 984 g/mol. The average Bonchev–Trinajstić information content (AvgIpc) is 3.22. The van der Waals surface area contributed by atoms with Crippen LogP contribution in [-0.4, -0.2) is 249 Å². The zero-order valence-electron chi connectivity index (χ0n) is 33.1. The van der Waals surface area contributed by atoms with Gasteiger partial charge in [-0.15, -0.1) is 0 Å². The second-order valence-corrected chi connectivity index (χ2v) is 17.6. The number of rotatable bonds is 21. The molecule has 4 saturated heterocycles. The van der Waals surface area contributed by atoms with Gasteiger partial charge in [0.25, 0.3) is 11.6 Å². The molecule has 34 heteroatoms. The molecular weight excluding hydrogens is 928 g/mol. The van der Waals surface area contributed by atoms with E-state index < -0.39 is 195 Å². The summed E-state index contributed by atoms with van der Waals surface area (Å²) in [5.74, 6) is -10.9. The van der Waals surface area contributed by atoms with Crippen LogP contribution in [0.5, 0.6) is 0 Å². The molecule has 374 valence electrons. The molecule has 21 N–H and O–H groups in total. The van der Waals surface area contributed by atoms with E-state index in [-0.39, 0.29) is 6.54 Å². The molecule has 1 unspecified atom stereocenters. The van der Waals surface area contributed by atoms with Gasteiger partial charge in [0.1, 0.15) is 73.2 Å². The van der Waals surface area contributed by atoms with Crippen LogP contribution >= 0.6 is 15.6 Å². The number of carboxylic acid groups (broad SMARTS) is 2. The summed E-state index contributed by atoms with van der Waals surface area (Å²) in [5.41, 5.74) is 16.8. The van der Waals surface area contributed by atoms with E-state index in [4.69, 9.17) is 54.9 Å². The van der Waals surface area contributed by atoms with E-state index >= 15 is 0 Å². The maximum absolute atomic E-state index is 13.1. The monoisotopic (exact) mass is 983 g/mol. The Bertz CT molecular complexity index is 1650. The first-order valence-electron chi connectivity index (χ1n) is 19.0. The van der Waals surface area contributed by atoms with Crippen LogP contribution in [0.3, 0.4) is 0 Å². The Balaban J connectivity index is 1.67. The van der Waals surface area contributed by atoms with E-state index in [0.717, 1.165) is 0 Å². The van der Waals surface area contributed by atoms with Gasteiger partial charge in [-0.05, 0) is 0 Å². The molecule has 32 nitrogen and oxygen atoms in total. The molecule has 21 atom stereocenters. The summed E-state index contributed by atoms with van der Waals surface area (Å²) >= 11 is 0. The number of aliphatic hydroxyl groups is 10. The Labute approximate surface area is 360 Å². The molecule has 4 aliphatic heterocycles. The number of carbonyl (C=O) groups is 2. The van der Waals surface area contributed by atoms with Gasteiger partial charge in [-0.1, -0.05) is 0 Å². The smallest absolute Gasteiger partial charge is 0.472 e. The van der Waals surface area contributed by atoms with Crippen LogP contribution in [0.4, 0.5) is 0 Å². The Kier molecular flexibility index (Phi) is 19.1. The third-order valence-corrected chi connectivity index (χ3v) is 12.0. The van der Waals surface area contributed by atoms with Crippen molar-refractivity contribution in [2.45, 2.75) is 135 Å².